The molecule has 0 amide bonds. The van der Waals surface area contributed by atoms with Gasteiger partial charge in [-0.1, -0.05) is 36.5 Å². The molecule has 0 aliphatic carbocycles. The van der Waals surface area contributed by atoms with Crippen LogP contribution in [-0.4, -0.2) is 28.4 Å². The van der Waals surface area contributed by atoms with E-state index in [1.54, 1.807) is 50.8 Å². The van der Waals surface area contributed by atoms with Gasteiger partial charge in [-0.25, -0.2) is 18.4 Å². The van der Waals surface area contributed by atoms with Crippen LogP contribution in [0.1, 0.15) is 46.3 Å². The molecule has 3 aromatic heterocycles. The molecule has 0 radical (unpaired) electrons. The molecule has 0 atom stereocenters. The summed E-state index contributed by atoms with van der Waals surface area (Å²) in [6.07, 6.45) is 5.61. The zero-order valence-corrected chi connectivity index (χ0v) is 21.7. The van der Waals surface area contributed by atoms with E-state index in [0.29, 0.717) is 28.9 Å². The fourth-order valence-electron chi connectivity index (χ4n) is 3.87. The van der Waals surface area contributed by atoms with Crippen LogP contribution in [0.25, 0.3) is 11.3 Å². The number of aromatic nitrogens is 4. The summed E-state index contributed by atoms with van der Waals surface area (Å²) in [6, 6.07) is 10.8. The van der Waals surface area contributed by atoms with Gasteiger partial charge in [0.15, 0.2) is 0 Å². The van der Waals surface area contributed by atoms with Gasteiger partial charge in [-0.2, -0.15) is 0 Å². The van der Waals surface area contributed by atoms with E-state index in [4.69, 9.17) is 0 Å². The first-order chi connectivity index (χ1) is 17.2. The number of anilines is 1. The van der Waals surface area contributed by atoms with Gasteiger partial charge in [0.05, 0.1) is 33.2 Å². The maximum Gasteiger partial charge on any atom is 0.262 e. The van der Waals surface area contributed by atoms with Crippen molar-refractivity contribution in [1.29, 1.82) is 0 Å². The zero-order chi connectivity index (χ0) is 25.9. The fourth-order valence-corrected chi connectivity index (χ4v) is 5.21. The number of sulfonamides is 1. The molecule has 1 aromatic carbocycles. The number of nitrogens with zero attached hydrogens (tertiary/aromatic N) is 4. The molecule has 0 unspecified atom stereocenters. The minimum absolute atomic E-state index is 0.232. The standard InChI is InChI=1S/C28H27N5O2S/c1-6-25-24(28(32-17-31-25)23-11-12-29-20(4)14-23)9-8-22-15-26(21(5)30-16-22)33-36(34,35)27-10-7-18(2)13-19(27)3/h7,10-17,33H,6H2,1-5H3. The number of nitrogens with one attached hydrogen (secondary N) is 1. The van der Waals surface area contributed by atoms with Crippen molar-refractivity contribution < 1.29 is 8.42 Å². The molecule has 1 N–H and O–H groups in total. The quantitative estimate of drug-likeness (QED) is 0.393. The summed E-state index contributed by atoms with van der Waals surface area (Å²) in [5, 5.41) is 0. The van der Waals surface area contributed by atoms with E-state index in [0.717, 1.165) is 33.8 Å². The maximum absolute atomic E-state index is 13.1. The number of hydrogen-bond acceptors (Lipinski definition) is 6. The Balaban J connectivity index is 1.72. The maximum atomic E-state index is 13.1. The molecule has 182 valence electrons. The first-order valence-corrected chi connectivity index (χ1v) is 13.0. The van der Waals surface area contributed by atoms with Crippen LogP contribution in [0.3, 0.4) is 0 Å². The third-order valence-corrected chi connectivity index (χ3v) is 7.24. The Kier molecular flexibility index (Phi) is 7.13. The lowest BCUT2D eigenvalue weighted by molar-refractivity contribution is 0.600. The Morgan fingerprint density at radius 2 is 1.72 bits per heavy atom. The van der Waals surface area contributed by atoms with Gasteiger partial charge < -0.3 is 0 Å². The largest absolute Gasteiger partial charge is 0.278 e. The van der Waals surface area contributed by atoms with Crippen molar-refractivity contribution in [1.82, 2.24) is 19.9 Å². The predicted octanol–water partition coefficient (Wildman–Crippen LogP) is 4.93. The Bertz CT molecular complexity index is 1620. The molecule has 0 saturated heterocycles. The minimum atomic E-state index is -3.79. The third-order valence-electron chi connectivity index (χ3n) is 5.71. The van der Waals surface area contributed by atoms with Crippen LogP contribution in [0.4, 0.5) is 5.69 Å². The molecular formula is C28H27N5O2S. The van der Waals surface area contributed by atoms with Gasteiger partial charge in [0.2, 0.25) is 0 Å². The average molecular weight is 498 g/mol. The summed E-state index contributed by atoms with van der Waals surface area (Å²) in [5.74, 6) is 6.34. The molecule has 0 saturated carbocycles. The van der Waals surface area contributed by atoms with Crippen molar-refractivity contribution in [3.8, 4) is 23.1 Å². The SMILES string of the molecule is CCc1ncnc(-c2ccnc(C)c2)c1C#Cc1cnc(C)c(NS(=O)(=O)c2ccc(C)cc2C)c1. The summed E-state index contributed by atoms with van der Waals surface area (Å²) in [4.78, 5) is 17.8. The molecule has 36 heavy (non-hydrogen) atoms. The second-order valence-corrected chi connectivity index (χ2v) is 10.2. The summed E-state index contributed by atoms with van der Waals surface area (Å²) in [7, 11) is -3.79. The van der Waals surface area contributed by atoms with Crippen molar-refractivity contribution in [2.45, 2.75) is 45.9 Å². The molecule has 0 bridgehead atoms. The molecule has 0 spiro atoms. The van der Waals surface area contributed by atoms with Gasteiger partial charge in [-0.3, -0.25) is 14.7 Å². The number of benzene rings is 1. The molecule has 8 heteroatoms. The first kappa shape index (κ1) is 25.0. The van der Waals surface area contributed by atoms with Gasteiger partial charge in [-0.05, 0) is 63.9 Å². The molecule has 0 fully saturated rings. The van der Waals surface area contributed by atoms with Gasteiger partial charge in [0.25, 0.3) is 10.0 Å². The van der Waals surface area contributed by atoms with E-state index in [1.165, 1.54) is 0 Å². The lowest BCUT2D eigenvalue weighted by Gasteiger charge is -2.12. The van der Waals surface area contributed by atoms with Crippen LogP contribution in [0, 0.1) is 39.5 Å². The van der Waals surface area contributed by atoms with Crippen molar-refractivity contribution in [2.75, 3.05) is 4.72 Å². The van der Waals surface area contributed by atoms with Crippen LogP contribution in [0.2, 0.25) is 0 Å². The zero-order valence-electron chi connectivity index (χ0n) is 20.9. The fraction of sp³-hybridized carbons (Fsp3) is 0.214. The van der Waals surface area contributed by atoms with E-state index in [1.807, 2.05) is 39.0 Å². The molecule has 4 aromatic rings. The summed E-state index contributed by atoms with van der Waals surface area (Å²) >= 11 is 0. The normalized spacial score (nSPS) is 11.0. The highest BCUT2D eigenvalue weighted by atomic mass is 32.2. The van der Waals surface area contributed by atoms with Crippen LogP contribution in [-0.2, 0) is 16.4 Å². The van der Waals surface area contributed by atoms with E-state index in [9.17, 15) is 8.42 Å². The molecule has 7 nitrogen and oxygen atoms in total. The van der Waals surface area contributed by atoms with Crippen molar-refractivity contribution in [3.63, 3.8) is 0 Å². The Labute approximate surface area is 212 Å². The lowest BCUT2D eigenvalue weighted by Crippen LogP contribution is -2.15. The number of aryl methyl sites for hydroxylation is 5. The first-order valence-electron chi connectivity index (χ1n) is 11.5. The van der Waals surface area contributed by atoms with E-state index < -0.39 is 10.0 Å². The predicted molar refractivity (Wildman–Crippen MR) is 141 cm³/mol. The van der Waals surface area contributed by atoms with Gasteiger partial charge >= 0.3 is 0 Å². The van der Waals surface area contributed by atoms with Crippen LogP contribution >= 0.6 is 0 Å². The molecule has 0 aliphatic heterocycles. The Morgan fingerprint density at radius 3 is 2.44 bits per heavy atom. The Morgan fingerprint density at radius 1 is 0.917 bits per heavy atom. The highest BCUT2D eigenvalue weighted by Gasteiger charge is 2.18. The number of pyridine rings is 2. The summed E-state index contributed by atoms with van der Waals surface area (Å²) in [6.45, 7) is 9.40. The van der Waals surface area contributed by atoms with Crippen LogP contribution in [0.5, 0.6) is 0 Å². The highest BCUT2D eigenvalue weighted by molar-refractivity contribution is 7.92. The van der Waals surface area contributed by atoms with Crippen molar-refractivity contribution in [3.05, 3.63) is 94.5 Å². The second-order valence-electron chi connectivity index (χ2n) is 8.56. The van der Waals surface area contributed by atoms with Gasteiger partial charge in [0.1, 0.15) is 6.33 Å². The highest BCUT2D eigenvalue weighted by Crippen LogP contribution is 2.24. The van der Waals surface area contributed by atoms with Crippen LogP contribution < -0.4 is 4.72 Å². The summed E-state index contributed by atoms with van der Waals surface area (Å²) < 4.78 is 28.9. The second kappa shape index (κ2) is 10.3. The number of rotatable bonds is 5. The van der Waals surface area contributed by atoms with Crippen molar-refractivity contribution in [2.24, 2.45) is 0 Å². The van der Waals surface area contributed by atoms with Crippen LogP contribution in [0.15, 0.2) is 60.0 Å². The average Bonchev–Trinajstić information content (AvgIpc) is 2.84. The van der Waals surface area contributed by atoms with Gasteiger partial charge in [-0.15, -0.1) is 0 Å². The smallest absolute Gasteiger partial charge is 0.262 e. The van der Waals surface area contributed by atoms with E-state index in [2.05, 4.69) is 36.5 Å². The monoisotopic (exact) mass is 497 g/mol. The molecule has 3 heterocycles. The Hall–Kier alpha value is -4.09. The minimum Gasteiger partial charge on any atom is -0.278 e. The van der Waals surface area contributed by atoms with E-state index in [-0.39, 0.29) is 4.90 Å². The lowest BCUT2D eigenvalue weighted by atomic mass is 10.0. The molecular weight excluding hydrogens is 470 g/mol. The molecule has 4 rings (SSSR count). The van der Waals surface area contributed by atoms with E-state index >= 15 is 0 Å². The third kappa shape index (κ3) is 5.42. The number of hydrogen-bond donors (Lipinski definition) is 1. The van der Waals surface area contributed by atoms with Gasteiger partial charge in [0, 0.05) is 29.2 Å². The topological polar surface area (TPSA) is 97.7 Å². The van der Waals surface area contributed by atoms with Crippen molar-refractivity contribution >= 4 is 15.7 Å². The molecule has 0 aliphatic rings. The summed E-state index contributed by atoms with van der Waals surface area (Å²) in [5.41, 5.74) is 7.27.